The van der Waals surface area contributed by atoms with Gasteiger partial charge in [-0.05, 0) is 29.7 Å². The average Bonchev–Trinajstić information content (AvgIpc) is 3.03. The minimum Gasteiger partial charge on any atom is -0.478 e. The van der Waals surface area contributed by atoms with Crippen LogP contribution in [0.4, 0.5) is 0 Å². The standard InChI is InChI=1S/C13H10O5S/c1-17-13(16)12-9(6-7-19-12)10-4-2-8(18-10)3-5-11(14)15/h2-7H,1H3,(H,14,15)/b5-3+. The van der Waals surface area contributed by atoms with E-state index in [0.29, 0.717) is 22.0 Å². The van der Waals surface area contributed by atoms with Crippen molar-refractivity contribution in [2.75, 3.05) is 7.11 Å². The van der Waals surface area contributed by atoms with Gasteiger partial charge in [0.05, 0.1) is 7.11 Å². The highest BCUT2D eigenvalue weighted by atomic mass is 32.1. The van der Waals surface area contributed by atoms with Gasteiger partial charge in [0, 0.05) is 11.6 Å². The summed E-state index contributed by atoms with van der Waals surface area (Å²) in [5.74, 6) is -0.584. The molecule has 1 N–H and O–H groups in total. The summed E-state index contributed by atoms with van der Waals surface area (Å²) in [5.41, 5.74) is 0.631. The number of furan rings is 1. The fourth-order valence-corrected chi connectivity index (χ4v) is 2.31. The summed E-state index contributed by atoms with van der Waals surface area (Å²) < 4.78 is 10.1. The molecule has 0 saturated carbocycles. The van der Waals surface area contributed by atoms with Crippen molar-refractivity contribution in [2.45, 2.75) is 0 Å². The Morgan fingerprint density at radius 3 is 2.84 bits per heavy atom. The van der Waals surface area contributed by atoms with Gasteiger partial charge in [-0.1, -0.05) is 0 Å². The number of carbonyl (C=O) groups excluding carboxylic acids is 1. The van der Waals surface area contributed by atoms with Crippen LogP contribution in [-0.4, -0.2) is 24.2 Å². The van der Waals surface area contributed by atoms with Crippen LogP contribution < -0.4 is 0 Å². The number of carbonyl (C=O) groups is 2. The Morgan fingerprint density at radius 1 is 1.37 bits per heavy atom. The second-order valence-corrected chi connectivity index (χ2v) is 4.44. The molecule has 0 radical (unpaired) electrons. The maximum atomic E-state index is 11.5. The summed E-state index contributed by atoms with van der Waals surface area (Å²) >= 11 is 1.26. The molecular formula is C13H10O5S. The Kier molecular flexibility index (Phi) is 3.82. The number of hydrogen-bond donors (Lipinski definition) is 1. The number of ether oxygens (including phenoxy) is 1. The minimum atomic E-state index is -1.05. The fourth-order valence-electron chi connectivity index (χ4n) is 1.49. The molecule has 0 amide bonds. The summed E-state index contributed by atoms with van der Waals surface area (Å²) in [6, 6.07) is 5.06. The van der Waals surface area contributed by atoms with Crippen LogP contribution in [0.15, 0.2) is 34.1 Å². The SMILES string of the molecule is COC(=O)c1sccc1-c1ccc(/C=C/C(=O)O)o1. The Balaban J connectivity index is 2.31. The molecule has 19 heavy (non-hydrogen) atoms. The molecule has 0 saturated heterocycles. The normalized spacial score (nSPS) is 10.8. The van der Waals surface area contributed by atoms with Gasteiger partial charge in [0.25, 0.3) is 0 Å². The summed E-state index contributed by atoms with van der Waals surface area (Å²) in [6.45, 7) is 0. The van der Waals surface area contributed by atoms with Crippen molar-refractivity contribution in [3.63, 3.8) is 0 Å². The lowest BCUT2D eigenvalue weighted by Crippen LogP contribution is -1.99. The topological polar surface area (TPSA) is 76.7 Å². The van der Waals surface area contributed by atoms with E-state index in [1.165, 1.54) is 24.5 Å². The van der Waals surface area contributed by atoms with Crippen LogP contribution in [0.5, 0.6) is 0 Å². The Labute approximate surface area is 112 Å². The van der Waals surface area contributed by atoms with Crippen LogP contribution in [0, 0.1) is 0 Å². The first-order valence-electron chi connectivity index (χ1n) is 5.29. The Morgan fingerprint density at radius 2 is 2.16 bits per heavy atom. The molecule has 0 aromatic carbocycles. The van der Waals surface area contributed by atoms with Crippen molar-refractivity contribution in [1.82, 2.24) is 0 Å². The molecular weight excluding hydrogens is 268 g/mol. The highest BCUT2D eigenvalue weighted by Gasteiger charge is 2.17. The average molecular weight is 278 g/mol. The number of rotatable bonds is 4. The Bertz CT molecular complexity index is 635. The maximum Gasteiger partial charge on any atom is 0.348 e. The molecule has 98 valence electrons. The first-order valence-corrected chi connectivity index (χ1v) is 6.17. The van der Waals surface area contributed by atoms with Crippen LogP contribution in [0.1, 0.15) is 15.4 Å². The molecule has 0 spiro atoms. The highest BCUT2D eigenvalue weighted by molar-refractivity contribution is 7.12. The van der Waals surface area contributed by atoms with E-state index in [9.17, 15) is 9.59 Å². The van der Waals surface area contributed by atoms with Crippen LogP contribution >= 0.6 is 11.3 Å². The van der Waals surface area contributed by atoms with Crippen LogP contribution in [-0.2, 0) is 9.53 Å². The van der Waals surface area contributed by atoms with E-state index in [0.717, 1.165) is 6.08 Å². The van der Waals surface area contributed by atoms with Gasteiger partial charge in [0.1, 0.15) is 16.4 Å². The van der Waals surface area contributed by atoms with Gasteiger partial charge in [0.2, 0.25) is 0 Å². The molecule has 2 heterocycles. The fraction of sp³-hybridized carbons (Fsp3) is 0.0769. The van der Waals surface area contributed by atoms with Crippen LogP contribution in [0.25, 0.3) is 17.4 Å². The largest absolute Gasteiger partial charge is 0.478 e. The van der Waals surface area contributed by atoms with Crippen molar-refractivity contribution < 1.29 is 23.8 Å². The summed E-state index contributed by atoms with van der Waals surface area (Å²) in [7, 11) is 1.31. The molecule has 0 aliphatic heterocycles. The number of hydrogen-bond acceptors (Lipinski definition) is 5. The lowest BCUT2D eigenvalue weighted by molar-refractivity contribution is -0.131. The second kappa shape index (κ2) is 5.53. The quantitative estimate of drug-likeness (QED) is 0.687. The maximum absolute atomic E-state index is 11.5. The minimum absolute atomic E-state index is 0.402. The molecule has 0 aliphatic rings. The molecule has 6 heteroatoms. The third kappa shape index (κ3) is 2.92. The first-order chi connectivity index (χ1) is 9.11. The van der Waals surface area contributed by atoms with E-state index in [1.54, 1.807) is 23.6 Å². The predicted molar refractivity (Wildman–Crippen MR) is 70.0 cm³/mol. The summed E-state index contributed by atoms with van der Waals surface area (Å²) in [4.78, 5) is 22.4. The van der Waals surface area contributed by atoms with Gasteiger partial charge in [-0.25, -0.2) is 9.59 Å². The van der Waals surface area contributed by atoms with Crippen LogP contribution in [0.3, 0.4) is 0 Å². The second-order valence-electron chi connectivity index (χ2n) is 3.53. The number of carboxylic acids is 1. The third-order valence-electron chi connectivity index (χ3n) is 2.32. The Hall–Kier alpha value is -2.34. The van der Waals surface area contributed by atoms with Gasteiger partial charge >= 0.3 is 11.9 Å². The lowest BCUT2D eigenvalue weighted by atomic mass is 10.2. The van der Waals surface area contributed by atoms with E-state index in [2.05, 4.69) is 4.74 Å². The zero-order valence-corrected chi connectivity index (χ0v) is 10.8. The monoisotopic (exact) mass is 278 g/mol. The molecule has 2 aromatic rings. The molecule has 0 fully saturated rings. The van der Waals surface area contributed by atoms with Crippen molar-refractivity contribution in [3.05, 3.63) is 40.3 Å². The van der Waals surface area contributed by atoms with Gasteiger partial charge < -0.3 is 14.3 Å². The number of methoxy groups -OCH3 is 1. The van der Waals surface area contributed by atoms with Crippen molar-refractivity contribution >= 4 is 29.4 Å². The smallest absolute Gasteiger partial charge is 0.348 e. The zero-order chi connectivity index (χ0) is 13.8. The van der Waals surface area contributed by atoms with Crippen molar-refractivity contribution in [3.8, 4) is 11.3 Å². The van der Waals surface area contributed by atoms with E-state index in [1.807, 2.05) is 0 Å². The molecule has 0 atom stereocenters. The summed E-state index contributed by atoms with van der Waals surface area (Å²) in [5, 5.41) is 10.3. The summed E-state index contributed by atoms with van der Waals surface area (Å²) in [6.07, 6.45) is 2.33. The van der Waals surface area contributed by atoms with Crippen LogP contribution in [0.2, 0.25) is 0 Å². The molecule has 0 unspecified atom stereocenters. The van der Waals surface area contributed by atoms with E-state index >= 15 is 0 Å². The predicted octanol–water partition coefficient (Wildman–Crippen LogP) is 2.89. The van der Waals surface area contributed by atoms with E-state index < -0.39 is 11.9 Å². The number of thiophene rings is 1. The van der Waals surface area contributed by atoms with Crippen molar-refractivity contribution in [2.24, 2.45) is 0 Å². The molecule has 0 bridgehead atoms. The molecule has 2 aromatic heterocycles. The van der Waals surface area contributed by atoms with Gasteiger partial charge in [-0.15, -0.1) is 11.3 Å². The number of aliphatic carboxylic acids is 1. The molecule has 0 aliphatic carbocycles. The van der Waals surface area contributed by atoms with E-state index in [4.69, 9.17) is 9.52 Å². The molecule has 5 nitrogen and oxygen atoms in total. The number of carboxylic acid groups (broad SMARTS) is 1. The number of esters is 1. The van der Waals surface area contributed by atoms with Crippen molar-refractivity contribution in [1.29, 1.82) is 0 Å². The van der Waals surface area contributed by atoms with Gasteiger partial charge in [-0.2, -0.15) is 0 Å². The highest BCUT2D eigenvalue weighted by Crippen LogP contribution is 2.30. The first kappa shape index (κ1) is 13.1. The lowest BCUT2D eigenvalue weighted by Gasteiger charge is -1.98. The van der Waals surface area contributed by atoms with E-state index in [-0.39, 0.29) is 0 Å². The third-order valence-corrected chi connectivity index (χ3v) is 3.21. The van der Waals surface area contributed by atoms with Gasteiger partial charge in [-0.3, -0.25) is 0 Å². The zero-order valence-electron chi connectivity index (χ0n) is 9.95. The van der Waals surface area contributed by atoms with Gasteiger partial charge in [0.15, 0.2) is 0 Å². The molecule has 2 rings (SSSR count).